The normalized spacial score (nSPS) is 10.2. The number of rotatable bonds is 5. The van der Waals surface area contributed by atoms with Crippen LogP contribution in [0.5, 0.6) is 0 Å². The molecule has 0 amide bonds. The summed E-state index contributed by atoms with van der Waals surface area (Å²) in [5.74, 6) is 0. The standard InChI is InChI=1S/C12H7N3O6S/c16-13(17)9-6-7-10(22-8-4-2-1-3-5-8)12(15(20)21)11(9)14(18)19/h1-7H. The van der Waals surface area contributed by atoms with Gasteiger partial charge in [0, 0.05) is 11.0 Å². The largest absolute Gasteiger partial charge is 0.423 e. The van der Waals surface area contributed by atoms with Gasteiger partial charge in [-0.2, -0.15) is 0 Å². The second-order valence-corrected chi connectivity index (χ2v) is 5.08. The van der Waals surface area contributed by atoms with Crippen molar-refractivity contribution in [1.82, 2.24) is 0 Å². The predicted octanol–water partition coefficient (Wildman–Crippen LogP) is 3.56. The van der Waals surface area contributed by atoms with E-state index in [1.807, 2.05) is 0 Å². The molecule has 0 atom stereocenters. The maximum absolute atomic E-state index is 11.2. The van der Waals surface area contributed by atoms with Crippen LogP contribution in [0.25, 0.3) is 0 Å². The van der Waals surface area contributed by atoms with Gasteiger partial charge in [0.1, 0.15) is 0 Å². The van der Waals surface area contributed by atoms with Gasteiger partial charge in [-0.05, 0) is 18.2 Å². The minimum Gasteiger partial charge on any atom is -0.258 e. The summed E-state index contributed by atoms with van der Waals surface area (Å²) in [6.07, 6.45) is 0. The third kappa shape index (κ3) is 3.01. The molecule has 0 unspecified atom stereocenters. The Morgan fingerprint density at radius 3 is 1.82 bits per heavy atom. The van der Waals surface area contributed by atoms with Crippen LogP contribution in [0, 0.1) is 30.3 Å². The molecule has 22 heavy (non-hydrogen) atoms. The molecule has 112 valence electrons. The fourth-order valence-electron chi connectivity index (χ4n) is 1.75. The van der Waals surface area contributed by atoms with Gasteiger partial charge in [0.15, 0.2) is 0 Å². The number of benzene rings is 2. The van der Waals surface area contributed by atoms with Gasteiger partial charge < -0.3 is 0 Å². The molecular weight excluding hydrogens is 314 g/mol. The highest BCUT2D eigenvalue weighted by molar-refractivity contribution is 7.99. The van der Waals surface area contributed by atoms with Gasteiger partial charge in [0.05, 0.1) is 19.7 Å². The van der Waals surface area contributed by atoms with Crippen LogP contribution in [0.15, 0.2) is 52.3 Å². The highest BCUT2D eigenvalue weighted by atomic mass is 32.2. The molecule has 0 aliphatic rings. The van der Waals surface area contributed by atoms with E-state index in [9.17, 15) is 30.3 Å². The molecule has 0 radical (unpaired) electrons. The summed E-state index contributed by atoms with van der Waals surface area (Å²) in [6.45, 7) is 0. The van der Waals surface area contributed by atoms with Crippen molar-refractivity contribution in [2.75, 3.05) is 0 Å². The SMILES string of the molecule is O=[N+]([O-])c1ccc(Sc2ccccc2)c([N+](=O)[O-])c1[N+](=O)[O-]. The Balaban J connectivity index is 2.65. The van der Waals surface area contributed by atoms with Crippen LogP contribution in [0.1, 0.15) is 0 Å². The zero-order chi connectivity index (χ0) is 16.3. The van der Waals surface area contributed by atoms with Gasteiger partial charge in [0.2, 0.25) is 0 Å². The van der Waals surface area contributed by atoms with Crippen LogP contribution < -0.4 is 0 Å². The lowest BCUT2D eigenvalue weighted by Crippen LogP contribution is -2.02. The van der Waals surface area contributed by atoms with E-state index in [4.69, 9.17) is 0 Å². The fraction of sp³-hybridized carbons (Fsp3) is 0. The second-order valence-electron chi connectivity index (χ2n) is 3.97. The summed E-state index contributed by atoms with van der Waals surface area (Å²) in [5.41, 5.74) is -2.90. The lowest BCUT2D eigenvalue weighted by Gasteiger charge is -2.04. The average molecular weight is 321 g/mol. The van der Waals surface area contributed by atoms with Crippen molar-refractivity contribution in [2.45, 2.75) is 9.79 Å². The van der Waals surface area contributed by atoms with E-state index in [1.165, 1.54) is 0 Å². The Kier molecular flexibility index (Phi) is 4.32. The topological polar surface area (TPSA) is 129 Å². The van der Waals surface area contributed by atoms with Gasteiger partial charge in [-0.1, -0.05) is 30.0 Å². The average Bonchev–Trinajstić information content (AvgIpc) is 2.47. The molecule has 2 rings (SSSR count). The van der Waals surface area contributed by atoms with Gasteiger partial charge in [-0.3, -0.25) is 30.3 Å². The number of nitro groups is 3. The monoisotopic (exact) mass is 321 g/mol. The van der Waals surface area contributed by atoms with Crippen LogP contribution in [0.4, 0.5) is 17.1 Å². The summed E-state index contributed by atoms with van der Waals surface area (Å²) >= 11 is 0.926. The van der Waals surface area contributed by atoms with E-state index in [1.54, 1.807) is 30.3 Å². The number of hydrogen-bond acceptors (Lipinski definition) is 7. The Morgan fingerprint density at radius 1 is 0.727 bits per heavy atom. The van der Waals surface area contributed by atoms with Gasteiger partial charge in [0.25, 0.3) is 0 Å². The first-order valence-corrected chi connectivity index (χ1v) is 6.56. The first-order chi connectivity index (χ1) is 10.4. The highest BCUT2D eigenvalue weighted by Crippen LogP contribution is 2.44. The summed E-state index contributed by atoms with van der Waals surface area (Å²) in [4.78, 5) is 30.6. The van der Waals surface area contributed by atoms with Crippen LogP contribution in [0.2, 0.25) is 0 Å². The van der Waals surface area contributed by atoms with Crippen molar-refractivity contribution in [2.24, 2.45) is 0 Å². The lowest BCUT2D eigenvalue weighted by molar-refractivity contribution is -0.442. The zero-order valence-electron chi connectivity index (χ0n) is 10.7. The summed E-state index contributed by atoms with van der Waals surface area (Å²) in [6, 6.07) is 10.5. The maximum Gasteiger partial charge on any atom is 0.423 e. The second kappa shape index (κ2) is 6.18. The van der Waals surface area contributed by atoms with Crippen molar-refractivity contribution < 1.29 is 14.8 Å². The molecule has 0 saturated carbocycles. The van der Waals surface area contributed by atoms with E-state index >= 15 is 0 Å². The van der Waals surface area contributed by atoms with E-state index in [2.05, 4.69) is 0 Å². The van der Waals surface area contributed by atoms with Crippen LogP contribution in [0.3, 0.4) is 0 Å². The minimum absolute atomic E-state index is 0.0338. The summed E-state index contributed by atoms with van der Waals surface area (Å²) in [5, 5.41) is 33.1. The van der Waals surface area contributed by atoms with Crippen molar-refractivity contribution in [3.8, 4) is 0 Å². The van der Waals surface area contributed by atoms with E-state index in [0.29, 0.717) is 4.90 Å². The molecular formula is C12H7N3O6S. The molecule has 0 saturated heterocycles. The molecule has 0 heterocycles. The third-order valence-electron chi connectivity index (χ3n) is 2.63. The maximum atomic E-state index is 11.2. The molecule has 0 bridgehead atoms. The zero-order valence-corrected chi connectivity index (χ0v) is 11.6. The van der Waals surface area contributed by atoms with Crippen molar-refractivity contribution in [3.63, 3.8) is 0 Å². The van der Waals surface area contributed by atoms with Gasteiger partial charge in [-0.25, -0.2) is 0 Å². The van der Waals surface area contributed by atoms with Crippen molar-refractivity contribution in [3.05, 3.63) is 72.8 Å². The molecule has 9 nitrogen and oxygen atoms in total. The van der Waals surface area contributed by atoms with Gasteiger partial charge >= 0.3 is 17.1 Å². The Morgan fingerprint density at radius 2 is 1.32 bits per heavy atom. The van der Waals surface area contributed by atoms with Gasteiger partial charge in [-0.15, -0.1) is 0 Å². The smallest absolute Gasteiger partial charge is 0.258 e. The summed E-state index contributed by atoms with van der Waals surface area (Å²) in [7, 11) is 0. The molecule has 0 N–H and O–H groups in total. The summed E-state index contributed by atoms with van der Waals surface area (Å²) < 4.78 is 0. The molecule has 2 aromatic carbocycles. The Hall–Kier alpha value is -3.01. The van der Waals surface area contributed by atoms with Crippen molar-refractivity contribution >= 4 is 28.8 Å². The number of nitrogens with zero attached hydrogens (tertiary/aromatic N) is 3. The van der Waals surface area contributed by atoms with Crippen LogP contribution in [-0.2, 0) is 0 Å². The predicted molar refractivity (Wildman–Crippen MR) is 77.0 cm³/mol. The lowest BCUT2D eigenvalue weighted by atomic mass is 10.2. The molecule has 2 aromatic rings. The fourth-order valence-corrected chi connectivity index (χ4v) is 2.70. The molecule has 0 aliphatic carbocycles. The minimum atomic E-state index is -1.11. The first kappa shape index (κ1) is 15.4. The molecule has 0 fully saturated rings. The molecule has 10 heteroatoms. The number of nitro benzene ring substituents is 3. The van der Waals surface area contributed by atoms with E-state index < -0.39 is 31.8 Å². The Bertz CT molecular complexity index is 765. The molecule has 0 spiro atoms. The third-order valence-corrected chi connectivity index (χ3v) is 3.68. The first-order valence-electron chi connectivity index (χ1n) is 5.75. The van der Waals surface area contributed by atoms with E-state index in [-0.39, 0.29) is 4.90 Å². The van der Waals surface area contributed by atoms with Crippen LogP contribution >= 0.6 is 11.8 Å². The van der Waals surface area contributed by atoms with Crippen molar-refractivity contribution in [1.29, 1.82) is 0 Å². The molecule has 0 aromatic heterocycles. The van der Waals surface area contributed by atoms with E-state index in [0.717, 1.165) is 23.9 Å². The quantitative estimate of drug-likeness (QED) is 0.607. The Labute approximate surface area is 127 Å². The number of hydrogen-bond donors (Lipinski definition) is 0. The molecule has 0 aliphatic heterocycles. The highest BCUT2D eigenvalue weighted by Gasteiger charge is 2.38. The van der Waals surface area contributed by atoms with Crippen LogP contribution in [-0.4, -0.2) is 14.8 Å².